The number of benzene rings is 2. The molecule has 2 heteroatoms. The highest BCUT2D eigenvalue weighted by Gasteiger charge is 2.08. The van der Waals surface area contributed by atoms with E-state index in [2.05, 4.69) is 55.6 Å². The monoisotopic (exact) mass is 295 g/mol. The zero-order chi connectivity index (χ0) is 15.8. The molecular formula is C20H25NO. The summed E-state index contributed by atoms with van der Waals surface area (Å²) in [6, 6.07) is 18.9. The van der Waals surface area contributed by atoms with Crippen LogP contribution >= 0.6 is 0 Å². The summed E-state index contributed by atoms with van der Waals surface area (Å²) in [6.45, 7) is 4.21. The Balaban J connectivity index is 1.75. The first kappa shape index (κ1) is 16.3. The number of hydrogen-bond donors (Lipinski definition) is 1. The number of aryl methyl sites for hydroxylation is 2. The van der Waals surface area contributed by atoms with E-state index < -0.39 is 0 Å². The highest BCUT2D eigenvalue weighted by molar-refractivity contribution is 5.78. The highest BCUT2D eigenvalue weighted by atomic mass is 16.1. The van der Waals surface area contributed by atoms with E-state index in [1.807, 2.05) is 18.2 Å². The quantitative estimate of drug-likeness (QED) is 0.824. The lowest BCUT2D eigenvalue weighted by Crippen LogP contribution is -2.34. The van der Waals surface area contributed by atoms with E-state index in [0.717, 1.165) is 24.8 Å². The second kappa shape index (κ2) is 8.38. The van der Waals surface area contributed by atoms with Crippen LogP contribution in [0.4, 0.5) is 0 Å². The molecule has 0 fully saturated rings. The zero-order valence-electron chi connectivity index (χ0n) is 13.5. The van der Waals surface area contributed by atoms with E-state index in [4.69, 9.17) is 0 Å². The molecule has 0 radical (unpaired) electrons. The third-order valence-electron chi connectivity index (χ3n) is 3.91. The average Bonchev–Trinajstić information content (AvgIpc) is 2.54. The summed E-state index contributed by atoms with van der Waals surface area (Å²) in [5.41, 5.74) is 3.70. The zero-order valence-corrected chi connectivity index (χ0v) is 13.5. The van der Waals surface area contributed by atoms with Gasteiger partial charge in [0.05, 0.1) is 6.42 Å². The van der Waals surface area contributed by atoms with E-state index in [1.165, 1.54) is 11.1 Å². The largest absolute Gasteiger partial charge is 0.353 e. The molecule has 0 aliphatic rings. The molecule has 22 heavy (non-hydrogen) atoms. The van der Waals surface area contributed by atoms with Crippen LogP contribution in [0.15, 0.2) is 54.6 Å². The van der Waals surface area contributed by atoms with Gasteiger partial charge in [-0.2, -0.15) is 0 Å². The Morgan fingerprint density at radius 1 is 0.955 bits per heavy atom. The van der Waals surface area contributed by atoms with Crippen molar-refractivity contribution in [1.29, 1.82) is 0 Å². The molecule has 2 nitrogen and oxygen atoms in total. The third kappa shape index (κ3) is 5.36. The molecule has 0 aliphatic carbocycles. The van der Waals surface area contributed by atoms with Crippen LogP contribution in [0.25, 0.3) is 0 Å². The van der Waals surface area contributed by atoms with Crippen LogP contribution in [0, 0.1) is 0 Å². The predicted octanol–water partition coefficient (Wildman–Crippen LogP) is 3.93. The maximum absolute atomic E-state index is 12.1. The molecule has 0 aromatic heterocycles. The topological polar surface area (TPSA) is 29.1 Å². The van der Waals surface area contributed by atoms with Crippen molar-refractivity contribution in [3.63, 3.8) is 0 Å². The summed E-state index contributed by atoms with van der Waals surface area (Å²) in [4.78, 5) is 12.1. The van der Waals surface area contributed by atoms with Gasteiger partial charge in [0.1, 0.15) is 0 Å². The molecule has 0 aliphatic heterocycles. The fraction of sp³-hybridized carbons (Fsp3) is 0.350. The predicted molar refractivity (Wildman–Crippen MR) is 91.9 cm³/mol. The lowest BCUT2D eigenvalue weighted by atomic mass is 10.1. The highest BCUT2D eigenvalue weighted by Crippen LogP contribution is 2.07. The van der Waals surface area contributed by atoms with Gasteiger partial charge < -0.3 is 5.32 Å². The molecule has 2 aromatic rings. The van der Waals surface area contributed by atoms with Gasteiger partial charge in [0.2, 0.25) is 5.91 Å². The summed E-state index contributed by atoms with van der Waals surface area (Å²) in [5, 5.41) is 3.09. The van der Waals surface area contributed by atoms with Crippen LogP contribution in [0.5, 0.6) is 0 Å². The van der Waals surface area contributed by atoms with Crippen LogP contribution in [-0.2, 0) is 24.1 Å². The second-order valence-corrected chi connectivity index (χ2v) is 5.84. The Labute approximate surface area is 133 Å². The summed E-state index contributed by atoms with van der Waals surface area (Å²) in [7, 11) is 0. The minimum atomic E-state index is 0.102. The minimum Gasteiger partial charge on any atom is -0.353 e. The van der Waals surface area contributed by atoms with Crippen LogP contribution in [0.1, 0.15) is 37.0 Å². The lowest BCUT2D eigenvalue weighted by Gasteiger charge is -2.14. The van der Waals surface area contributed by atoms with Gasteiger partial charge in [-0.05, 0) is 42.9 Å². The van der Waals surface area contributed by atoms with Gasteiger partial charge in [0.25, 0.3) is 0 Å². The summed E-state index contributed by atoms with van der Waals surface area (Å²) >= 11 is 0. The number of carbonyl (C=O) groups excluding carboxylic acids is 1. The van der Waals surface area contributed by atoms with Crippen LogP contribution < -0.4 is 5.32 Å². The van der Waals surface area contributed by atoms with Gasteiger partial charge in [-0.25, -0.2) is 0 Å². The molecule has 116 valence electrons. The first-order valence-corrected chi connectivity index (χ1v) is 8.08. The van der Waals surface area contributed by atoms with Gasteiger partial charge in [-0.3, -0.25) is 4.79 Å². The molecule has 1 amide bonds. The molecule has 2 rings (SSSR count). The van der Waals surface area contributed by atoms with Gasteiger partial charge in [-0.1, -0.05) is 61.5 Å². The molecule has 0 saturated carbocycles. The van der Waals surface area contributed by atoms with Crippen LogP contribution in [-0.4, -0.2) is 11.9 Å². The fourth-order valence-corrected chi connectivity index (χ4v) is 2.50. The van der Waals surface area contributed by atoms with Crippen molar-refractivity contribution in [2.24, 2.45) is 0 Å². The Bertz CT molecular complexity index is 574. The van der Waals surface area contributed by atoms with Crippen molar-refractivity contribution < 1.29 is 4.79 Å². The van der Waals surface area contributed by atoms with Crippen LogP contribution in [0.3, 0.4) is 0 Å². The number of amides is 1. The van der Waals surface area contributed by atoms with Gasteiger partial charge in [-0.15, -0.1) is 0 Å². The summed E-state index contributed by atoms with van der Waals surface area (Å²) in [6.07, 6.45) is 3.45. The van der Waals surface area contributed by atoms with E-state index in [1.54, 1.807) is 0 Å². The molecule has 2 aromatic carbocycles. The van der Waals surface area contributed by atoms with Crippen molar-refractivity contribution in [2.45, 2.75) is 45.6 Å². The van der Waals surface area contributed by atoms with E-state index in [-0.39, 0.29) is 11.9 Å². The second-order valence-electron chi connectivity index (χ2n) is 5.84. The average molecular weight is 295 g/mol. The lowest BCUT2D eigenvalue weighted by molar-refractivity contribution is -0.121. The van der Waals surface area contributed by atoms with Gasteiger partial charge >= 0.3 is 0 Å². The number of rotatable bonds is 7. The fourth-order valence-electron chi connectivity index (χ4n) is 2.50. The SMILES string of the molecule is CCc1ccc(CC(=O)NC(C)CCc2ccccc2)cc1. The van der Waals surface area contributed by atoms with E-state index >= 15 is 0 Å². The maximum atomic E-state index is 12.1. The first-order valence-electron chi connectivity index (χ1n) is 8.08. The molecule has 1 atom stereocenters. The van der Waals surface area contributed by atoms with Gasteiger partial charge in [0.15, 0.2) is 0 Å². The molecular weight excluding hydrogens is 270 g/mol. The Morgan fingerprint density at radius 3 is 2.23 bits per heavy atom. The van der Waals surface area contributed by atoms with Crippen molar-refractivity contribution >= 4 is 5.91 Å². The van der Waals surface area contributed by atoms with Crippen molar-refractivity contribution in [3.8, 4) is 0 Å². The molecule has 0 bridgehead atoms. The summed E-state index contributed by atoms with van der Waals surface area (Å²) in [5.74, 6) is 0.102. The first-order chi connectivity index (χ1) is 10.7. The normalized spacial score (nSPS) is 11.9. The van der Waals surface area contributed by atoms with E-state index in [0.29, 0.717) is 6.42 Å². The van der Waals surface area contributed by atoms with Gasteiger partial charge in [0, 0.05) is 6.04 Å². The molecule has 1 unspecified atom stereocenters. The molecule has 0 saturated heterocycles. The number of carbonyl (C=O) groups is 1. The van der Waals surface area contributed by atoms with Crippen molar-refractivity contribution in [2.75, 3.05) is 0 Å². The van der Waals surface area contributed by atoms with Crippen molar-refractivity contribution in [1.82, 2.24) is 5.32 Å². The smallest absolute Gasteiger partial charge is 0.224 e. The Hall–Kier alpha value is -2.09. The van der Waals surface area contributed by atoms with Crippen molar-refractivity contribution in [3.05, 3.63) is 71.3 Å². The van der Waals surface area contributed by atoms with Crippen LogP contribution in [0.2, 0.25) is 0 Å². The Morgan fingerprint density at radius 2 is 1.59 bits per heavy atom. The minimum absolute atomic E-state index is 0.102. The Kier molecular flexibility index (Phi) is 6.20. The standard InChI is InChI=1S/C20H25NO/c1-3-17-11-13-19(14-12-17)15-20(22)21-16(2)9-10-18-7-5-4-6-8-18/h4-8,11-14,16H,3,9-10,15H2,1-2H3,(H,21,22). The molecule has 0 heterocycles. The molecule has 0 spiro atoms. The summed E-state index contributed by atoms with van der Waals surface area (Å²) < 4.78 is 0. The number of nitrogens with one attached hydrogen (secondary N) is 1. The molecule has 1 N–H and O–H groups in total. The number of hydrogen-bond acceptors (Lipinski definition) is 1. The third-order valence-corrected chi connectivity index (χ3v) is 3.91. The van der Waals surface area contributed by atoms with E-state index in [9.17, 15) is 4.79 Å². The maximum Gasteiger partial charge on any atom is 0.224 e.